The van der Waals surface area contributed by atoms with Gasteiger partial charge in [0.15, 0.2) is 14.1 Å². The Bertz CT molecular complexity index is 589. The van der Waals surface area contributed by atoms with Crippen LogP contribution in [0.25, 0.3) is 0 Å². The Morgan fingerprint density at radius 2 is 1.76 bits per heavy atom. The van der Waals surface area contributed by atoms with Gasteiger partial charge in [-0.2, -0.15) is 0 Å². The third kappa shape index (κ3) is 2.19. The lowest BCUT2D eigenvalue weighted by Gasteiger charge is -2.45. The molecule has 142 valence electrons. The second-order valence-electron chi connectivity index (χ2n) is 10.6. The fourth-order valence-electron chi connectivity index (χ4n) is 6.12. The summed E-state index contributed by atoms with van der Waals surface area (Å²) in [5.41, 5.74) is -0.0511. The van der Waals surface area contributed by atoms with Crippen molar-refractivity contribution in [2.45, 2.75) is 89.8 Å². The van der Waals surface area contributed by atoms with Crippen LogP contribution >= 0.6 is 0 Å². The molecule has 5 heteroatoms. The van der Waals surface area contributed by atoms with Gasteiger partial charge in [-0.15, -0.1) is 0 Å². The Morgan fingerprint density at radius 3 is 2.36 bits per heavy atom. The second-order valence-corrected chi connectivity index (χ2v) is 15.3. The van der Waals surface area contributed by atoms with Crippen LogP contribution in [0, 0.1) is 16.7 Å². The minimum Gasteiger partial charge on any atom is -0.413 e. The normalized spacial score (nSPS) is 43.0. The van der Waals surface area contributed by atoms with Gasteiger partial charge in [-0.05, 0) is 42.8 Å². The Kier molecular flexibility index (Phi) is 3.76. The molecule has 0 radical (unpaired) electrons. The Morgan fingerprint density at radius 1 is 1.12 bits per heavy atom. The van der Waals surface area contributed by atoms with Gasteiger partial charge in [0.1, 0.15) is 5.78 Å². The van der Waals surface area contributed by atoms with Crippen LogP contribution in [-0.4, -0.2) is 39.2 Å². The smallest absolute Gasteiger partial charge is 0.192 e. The van der Waals surface area contributed by atoms with Crippen molar-refractivity contribution in [2.24, 2.45) is 16.7 Å². The maximum absolute atomic E-state index is 13.1. The van der Waals surface area contributed by atoms with E-state index in [1.54, 1.807) is 0 Å². The maximum Gasteiger partial charge on any atom is 0.192 e. The molecule has 1 aliphatic heterocycles. The van der Waals surface area contributed by atoms with E-state index in [1.807, 2.05) is 0 Å². The average Bonchev–Trinajstić information content (AvgIpc) is 3.17. The minimum absolute atomic E-state index is 0.0153. The standard InChI is InChI=1S/C20H34O4Si/c1-17(2,3)25(5,6)24-15-7-8-19-9-10-20(22-11-12-23-20)16(19)14(21)13-18(15,19)4/h15-16H,7-13H2,1-6H3/t15-,16+,18-,19+/m0/s1. The van der Waals surface area contributed by atoms with E-state index in [-0.39, 0.29) is 27.9 Å². The molecular formula is C20H34O4Si. The van der Waals surface area contributed by atoms with Crippen molar-refractivity contribution >= 4 is 14.1 Å². The van der Waals surface area contributed by atoms with E-state index in [9.17, 15) is 4.79 Å². The topological polar surface area (TPSA) is 44.8 Å². The number of rotatable bonds is 2. The highest BCUT2D eigenvalue weighted by molar-refractivity contribution is 6.74. The molecule has 0 unspecified atom stereocenters. The molecule has 4 rings (SSSR count). The zero-order valence-corrected chi connectivity index (χ0v) is 17.7. The van der Waals surface area contributed by atoms with Gasteiger partial charge >= 0.3 is 0 Å². The molecule has 0 aromatic rings. The third-order valence-corrected chi connectivity index (χ3v) is 13.0. The summed E-state index contributed by atoms with van der Waals surface area (Å²) in [6, 6.07) is 0. The van der Waals surface area contributed by atoms with Crippen LogP contribution in [0.3, 0.4) is 0 Å². The molecule has 4 fully saturated rings. The van der Waals surface area contributed by atoms with Gasteiger partial charge in [-0.3, -0.25) is 4.79 Å². The zero-order chi connectivity index (χ0) is 18.3. The van der Waals surface area contributed by atoms with Crippen LogP contribution in [0.4, 0.5) is 0 Å². The first-order valence-electron chi connectivity index (χ1n) is 9.96. The number of carbonyl (C=O) groups excluding carboxylic acids is 1. The van der Waals surface area contributed by atoms with E-state index in [4.69, 9.17) is 13.9 Å². The van der Waals surface area contributed by atoms with Crippen LogP contribution in [0.1, 0.15) is 59.8 Å². The van der Waals surface area contributed by atoms with Gasteiger partial charge in [0.05, 0.1) is 25.2 Å². The number of hydrogen-bond donors (Lipinski definition) is 0. The highest BCUT2D eigenvalue weighted by Gasteiger charge is 2.76. The lowest BCUT2D eigenvalue weighted by Crippen LogP contribution is -2.49. The molecule has 3 saturated carbocycles. The molecule has 25 heavy (non-hydrogen) atoms. The number of Topliss-reactive ketones (excluding diaryl/α,β-unsaturated/α-hetero) is 1. The predicted octanol–water partition coefficient (Wildman–Crippen LogP) is 4.29. The van der Waals surface area contributed by atoms with Crippen molar-refractivity contribution in [3.8, 4) is 0 Å². The Balaban J connectivity index is 1.67. The largest absolute Gasteiger partial charge is 0.413 e. The minimum atomic E-state index is -1.86. The summed E-state index contributed by atoms with van der Waals surface area (Å²) in [6.07, 6.45) is 4.88. The van der Waals surface area contributed by atoms with Gasteiger partial charge in [-0.1, -0.05) is 27.7 Å². The first kappa shape index (κ1) is 18.1. The summed E-state index contributed by atoms with van der Waals surface area (Å²) in [4.78, 5) is 13.1. The molecule has 0 bridgehead atoms. The van der Waals surface area contributed by atoms with E-state index >= 15 is 0 Å². The first-order chi connectivity index (χ1) is 11.5. The van der Waals surface area contributed by atoms with Crippen molar-refractivity contribution in [1.29, 1.82) is 0 Å². The molecular weight excluding hydrogens is 332 g/mol. The number of carbonyl (C=O) groups is 1. The van der Waals surface area contributed by atoms with E-state index in [2.05, 4.69) is 40.8 Å². The zero-order valence-electron chi connectivity index (χ0n) is 16.7. The number of ether oxygens (including phenoxy) is 2. The molecule has 1 heterocycles. The van der Waals surface area contributed by atoms with Crippen LogP contribution in [-0.2, 0) is 18.7 Å². The van der Waals surface area contributed by atoms with Crippen molar-refractivity contribution in [3.05, 3.63) is 0 Å². The number of fused-ring (bicyclic) bond motifs is 1. The molecule has 1 saturated heterocycles. The highest BCUT2D eigenvalue weighted by atomic mass is 28.4. The molecule has 4 aliphatic rings. The van der Waals surface area contributed by atoms with Crippen molar-refractivity contribution in [1.82, 2.24) is 0 Å². The average molecular weight is 367 g/mol. The first-order valence-corrected chi connectivity index (χ1v) is 12.9. The van der Waals surface area contributed by atoms with Crippen LogP contribution in [0.2, 0.25) is 18.1 Å². The van der Waals surface area contributed by atoms with E-state index < -0.39 is 14.1 Å². The van der Waals surface area contributed by atoms with Crippen molar-refractivity contribution in [3.63, 3.8) is 0 Å². The summed E-state index contributed by atoms with van der Waals surface area (Å²) in [5, 5.41) is 0.190. The monoisotopic (exact) mass is 366 g/mol. The van der Waals surface area contributed by atoms with Gasteiger partial charge < -0.3 is 13.9 Å². The van der Waals surface area contributed by atoms with Crippen molar-refractivity contribution in [2.75, 3.05) is 13.2 Å². The summed E-state index contributed by atoms with van der Waals surface area (Å²) in [7, 11) is -1.86. The fourth-order valence-corrected chi connectivity index (χ4v) is 7.56. The summed E-state index contributed by atoms with van der Waals surface area (Å²) >= 11 is 0. The van der Waals surface area contributed by atoms with Gasteiger partial charge in [-0.25, -0.2) is 0 Å². The Hall–Kier alpha value is -0.233. The van der Waals surface area contributed by atoms with Crippen molar-refractivity contribution < 1.29 is 18.7 Å². The van der Waals surface area contributed by atoms with E-state index in [1.165, 1.54) is 0 Å². The van der Waals surface area contributed by atoms with E-state index in [0.717, 1.165) is 25.7 Å². The van der Waals surface area contributed by atoms with Crippen LogP contribution in [0.5, 0.6) is 0 Å². The molecule has 0 aromatic heterocycles. The molecule has 4 nitrogen and oxygen atoms in total. The third-order valence-electron chi connectivity index (χ3n) is 8.50. The van der Waals surface area contributed by atoms with Crippen LogP contribution in [0.15, 0.2) is 0 Å². The lowest BCUT2D eigenvalue weighted by molar-refractivity contribution is -0.193. The van der Waals surface area contributed by atoms with Crippen LogP contribution < -0.4 is 0 Å². The molecule has 0 aromatic carbocycles. The fraction of sp³-hybridized carbons (Fsp3) is 0.950. The maximum atomic E-state index is 13.1. The second kappa shape index (κ2) is 5.18. The summed E-state index contributed by atoms with van der Waals surface area (Å²) in [6.45, 7) is 15.1. The molecule has 4 atom stereocenters. The molecule has 0 amide bonds. The van der Waals surface area contributed by atoms with Gasteiger partial charge in [0.25, 0.3) is 0 Å². The highest BCUT2D eigenvalue weighted by Crippen LogP contribution is 2.73. The molecule has 3 aliphatic carbocycles. The number of ketones is 1. The Labute approximate surface area is 153 Å². The predicted molar refractivity (Wildman–Crippen MR) is 98.8 cm³/mol. The van der Waals surface area contributed by atoms with Gasteiger partial charge in [0.2, 0.25) is 0 Å². The SMILES string of the molecule is CC(C)(C)[Si](C)(C)O[C@H]1CC[C@@]23CCC4(OCCO4)[C@@H]2C(=O)C[C@@]13C. The number of hydrogen-bond acceptors (Lipinski definition) is 4. The molecule has 2 spiro atoms. The summed E-state index contributed by atoms with van der Waals surface area (Å²) in [5.74, 6) is -0.355. The quantitative estimate of drug-likeness (QED) is 0.684. The van der Waals surface area contributed by atoms with Gasteiger partial charge in [0, 0.05) is 18.3 Å². The van der Waals surface area contributed by atoms with E-state index in [0.29, 0.717) is 25.4 Å². The lowest BCUT2D eigenvalue weighted by atomic mass is 9.65. The summed E-state index contributed by atoms with van der Waals surface area (Å²) < 4.78 is 19.0. The molecule has 0 N–H and O–H groups in total.